The van der Waals surface area contributed by atoms with Crippen molar-refractivity contribution in [2.24, 2.45) is 0 Å². The summed E-state index contributed by atoms with van der Waals surface area (Å²) < 4.78 is 4.82. The molecular formula is C9H19ClN2O2. The van der Waals surface area contributed by atoms with Gasteiger partial charge in [-0.1, -0.05) is 13.8 Å². The third kappa shape index (κ3) is 9.32. The van der Waals surface area contributed by atoms with E-state index in [-0.39, 0.29) is 30.6 Å². The van der Waals surface area contributed by atoms with Crippen molar-refractivity contribution in [1.82, 2.24) is 5.32 Å². The van der Waals surface area contributed by atoms with Crippen LogP contribution in [-0.4, -0.2) is 25.0 Å². The molecule has 0 aromatic rings. The van der Waals surface area contributed by atoms with Crippen molar-refractivity contribution in [3.05, 3.63) is 0 Å². The number of halogens is 1. The molecule has 2 N–H and O–H groups in total. The van der Waals surface area contributed by atoms with Crippen LogP contribution in [0, 0.1) is 5.41 Å². The van der Waals surface area contributed by atoms with Crippen LogP contribution in [0.1, 0.15) is 33.1 Å². The zero-order valence-electron chi connectivity index (χ0n) is 8.76. The lowest BCUT2D eigenvalue weighted by molar-refractivity contribution is -0.142. The summed E-state index contributed by atoms with van der Waals surface area (Å²) in [6, 6.07) is 0. The average molecular weight is 223 g/mol. The molecule has 0 radical (unpaired) electrons. The van der Waals surface area contributed by atoms with E-state index in [9.17, 15) is 4.79 Å². The molecule has 0 aliphatic carbocycles. The predicted molar refractivity (Wildman–Crippen MR) is 59.1 cm³/mol. The highest BCUT2D eigenvalue weighted by atomic mass is 35.5. The maximum absolute atomic E-state index is 11.0. The van der Waals surface area contributed by atoms with Gasteiger partial charge >= 0.3 is 5.97 Å². The first-order valence-electron chi connectivity index (χ1n) is 4.67. The van der Waals surface area contributed by atoms with Crippen molar-refractivity contribution in [3.63, 3.8) is 0 Å². The molecule has 0 heterocycles. The standard InChI is InChI=1S/C9H18N2O2.ClH/c1-3-5-11-8(10)7-9(12)13-6-4-2;/h3-7H2,1-2H3,(H2,10,11);1H. The van der Waals surface area contributed by atoms with Gasteiger partial charge in [-0.15, -0.1) is 12.4 Å². The molecule has 0 unspecified atom stereocenters. The summed E-state index contributed by atoms with van der Waals surface area (Å²) in [5, 5.41) is 10.2. The number of carbonyl (C=O) groups is 1. The Hall–Kier alpha value is -0.770. The molecule has 0 bridgehead atoms. The largest absolute Gasteiger partial charge is 0.465 e. The van der Waals surface area contributed by atoms with E-state index in [4.69, 9.17) is 10.1 Å². The zero-order valence-corrected chi connectivity index (χ0v) is 9.58. The molecule has 0 spiro atoms. The predicted octanol–water partition coefficient (Wildman–Crippen LogP) is 1.73. The summed E-state index contributed by atoms with van der Waals surface area (Å²) in [6.45, 7) is 5.13. The average Bonchev–Trinajstić information content (AvgIpc) is 2.11. The second-order valence-corrected chi connectivity index (χ2v) is 2.80. The lowest BCUT2D eigenvalue weighted by Gasteiger charge is -2.06. The van der Waals surface area contributed by atoms with Gasteiger partial charge in [-0.05, 0) is 12.8 Å². The SMILES string of the molecule is CCCNC(=N)CC(=O)OCCC.Cl. The number of amidine groups is 1. The summed E-state index contributed by atoms with van der Waals surface area (Å²) >= 11 is 0. The quantitative estimate of drug-likeness (QED) is 0.409. The third-order valence-electron chi connectivity index (χ3n) is 1.38. The van der Waals surface area contributed by atoms with Crippen LogP contribution in [0.2, 0.25) is 0 Å². The van der Waals surface area contributed by atoms with Crippen molar-refractivity contribution >= 4 is 24.2 Å². The molecule has 0 aromatic carbocycles. The highest BCUT2D eigenvalue weighted by molar-refractivity contribution is 5.95. The number of ether oxygens (including phenoxy) is 1. The minimum atomic E-state index is -0.324. The molecule has 84 valence electrons. The number of esters is 1. The number of rotatable bonds is 6. The van der Waals surface area contributed by atoms with Gasteiger partial charge in [0.05, 0.1) is 6.61 Å². The second kappa shape index (κ2) is 10.3. The first-order chi connectivity index (χ1) is 6.20. The van der Waals surface area contributed by atoms with Gasteiger partial charge in [0.15, 0.2) is 0 Å². The molecule has 0 fully saturated rings. The van der Waals surface area contributed by atoms with Gasteiger partial charge in [0.2, 0.25) is 0 Å². The highest BCUT2D eigenvalue weighted by Crippen LogP contribution is 1.89. The molecule has 0 atom stereocenters. The minimum Gasteiger partial charge on any atom is -0.465 e. The van der Waals surface area contributed by atoms with E-state index in [1.54, 1.807) is 0 Å². The Balaban J connectivity index is 0. The molecule has 14 heavy (non-hydrogen) atoms. The van der Waals surface area contributed by atoms with Crippen LogP contribution in [0.15, 0.2) is 0 Å². The summed E-state index contributed by atoms with van der Waals surface area (Å²) in [5.41, 5.74) is 0. The first-order valence-corrected chi connectivity index (χ1v) is 4.67. The van der Waals surface area contributed by atoms with E-state index in [1.807, 2.05) is 13.8 Å². The van der Waals surface area contributed by atoms with E-state index < -0.39 is 0 Å². The third-order valence-corrected chi connectivity index (χ3v) is 1.38. The zero-order chi connectivity index (χ0) is 10.1. The molecular weight excluding hydrogens is 204 g/mol. The molecule has 0 aromatic heterocycles. The molecule has 0 saturated heterocycles. The Morgan fingerprint density at radius 1 is 1.36 bits per heavy atom. The van der Waals surface area contributed by atoms with E-state index >= 15 is 0 Å². The lowest BCUT2D eigenvalue weighted by atomic mass is 10.3. The van der Waals surface area contributed by atoms with E-state index in [0.717, 1.165) is 19.4 Å². The first kappa shape index (κ1) is 15.7. The van der Waals surface area contributed by atoms with Crippen molar-refractivity contribution in [2.45, 2.75) is 33.1 Å². The monoisotopic (exact) mass is 222 g/mol. The van der Waals surface area contributed by atoms with Gasteiger partial charge in [0, 0.05) is 6.54 Å². The van der Waals surface area contributed by atoms with Crippen molar-refractivity contribution in [1.29, 1.82) is 5.41 Å². The molecule has 0 aliphatic heterocycles. The van der Waals surface area contributed by atoms with Crippen LogP contribution >= 0.6 is 12.4 Å². The number of carbonyl (C=O) groups excluding carboxylic acids is 1. The second-order valence-electron chi connectivity index (χ2n) is 2.80. The van der Waals surface area contributed by atoms with Gasteiger partial charge in [-0.3, -0.25) is 10.2 Å². The van der Waals surface area contributed by atoms with Crippen LogP contribution < -0.4 is 5.32 Å². The maximum atomic E-state index is 11.0. The fourth-order valence-electron chi connectivity index (χ4n) is 0.750. The number of nitrogens with one attached hydrogen (secondary N) is 2. The summed E-state index contributed by atoms with van der Waals surface area (Å²) in [5.74, 6) is -0.0848. The molecule has 0 saturated carbocycles. The lowest BCUT2D eigenvalue weighted by Crippen LogP contribution is -2.26. The molecule has 4 nitrogen and oxygen atoms in total. The van der Waals surface area contributed by atoms with Crippen LogP contribution in [-0.2, 0) is 9.53 Å². The molecule has 5 heteroatoms. The normalized spacial score (nSPS) is 8.71. The van der Waals surface area contributed by atoms with E-state index in [1.165, 1.54) is 0 Å². The molecule has 0 aliphatic rings. The highest BCUT2D eigenvalue weighted by Gasteiger charge is 2.05. The smallest absolute Gasteiger partial charge is 0.313 e. The molecule has 0 amide bonds. The van der Waals surface area contributed by atoms with Gasteiger partial charge < -0.3 is 10.1 Å². The van der Waals surface area contributed by atoms with Crippen molar-refractivity contribution in [3.8, 4) is 0 Å². The van der Waals surface area contributed by atoms with E-state index in [2.05, 4.69) is 5.32 Å². The summed E-state index contributed by atoms with van der Waals surface area (Å²) in [7, 11) is 0. The minimum absolute atomic E-state index is 0. The maximum Gasteiger partial charge on any atom is 0.313 e. The Morgan fingerprint density at radius 3 is 2.50 bits per heavy atom. The van der Waals surface area contributed by atoms with Crippen LogP contribution in [0.25, 0.3) is 0 Å². The Labute approximate surface area is 91.3 Å². The fourth-order valence-corrected chi connectivity index (χ4v) is 0.750. The van der Waals surface area contributed by atoms with Crippen LogP contribution in [0.5, 0.6) is 0 Å². The Bertz CT molecular complexity index is 156. The van der Waals surface area contributed by atoms with Gasteiger partial charge in [0.1, 0.15) is 12.3 Å². The van der Waals surface area contributed by atoms with Crippen molar-refractivity contribution in [2.75, 3.05) is 13.2 Å². The summed E-state index contributed by atoms with van der Waals surface area (Å²) in [6.07, 6.45) is 1.83. The summed E-state index contributed by atoms with van der Waals surface area (Å²) in [4.78, 5) is 11.0. The van der Waals surface area contributed by atoms with Crippen LogP contribution in [0.4, 0.5) is 0 Å². The van der Waals surface area contributed by atoms with Gasteiger partial charge in [0.25, 0.3) is 0 Å². The topological polar surface area (TPSA) is 62.2 Å². The number of hydrogen-bond acceptors (Lipinski definition) is 3. The Kier molecular flexibility index (Phi) is 11.6. The van der Waals surface area contributed by atoms with Crippen molar-refractivity contribution < 1.29 is 9.53 Å². The van der Waals surface area contributed by atoms with E-state index in [0.29, 0.717) is 6.61 Å². The Morgan fingerprint density at radius 2 is 2.00 bits per heavy atom. The number of hydrogen-bond donors (Lipinski definition) is 2. The van der Waals surface area contributed by atoms with Gasteiger partial charge in [-0.2, -0.15) is 0 Å². The van der Waals surface area contributed by atoms with Crippen LogP contribution in [0.3, 0.4) is 0 Å². The fraction of sp³-hybridized carbons (Fsp3) is 0.778. The molecule has 0 rings (SSSR count). The van der Waals surface area contributed by atoms with Gasteiger partial charge in [-0.25, -0.2) is 0 Å².